The lowest BCUT2D eigenvalue weighted by molar-refractivity contribution is -0.348. The van der Waals surface area contributed by atoms with Gasteiger partial charge in [0.2, 0.25) is 0 Å². The number of halogens is 5. The van der Waals surface area contributed by atoms with Gasteiger partial charge in [-0.1, -0.05) is 6.58 Å². The molecule has 0 aliphatic heterocycles. The number of carbonyl (C=O) groups excluding carboxylic acids is 2. The zero-order valence-corrected chi connectivity index (χ0v) is 15.0. The number of alkyl halides is 5. The van der Waals surface area contributed by atoms with Crippen molar-refractivity contribution in [1.29, 1.82) is 0 Å². The zero-order chi connectivity index (χ0) is 20.3. The van der Waals surface area contributed by atoms with E-state index in [1.165, 1.54) is 20.8 Å². The lowest BCUT2D eigenvalue weighted by Gasteiger charge is -2.35. The maximum atomic E-state index is 13.5. The van der Waals surface area contributed by atoms with Gasteiger partial charge in [0.1, 0.15) is 0 Å². The van der Waals surface area contributed by atoms with Crippen LogP contribution in [0.2, 0.25) is 0 Å². The number of hydrogen-bond acceptors (Lipinski definition) is 5. The zero-order valence-electron chi connectivity index (χ0n) is 14.1. The lowest BCUT2D eigenvalue weighted by atomic mass is 10.1. The van der Waals surface area contributed by atoms with Gasteiger partial charge in [0.05, 0.1) is 6.61 Å². The van der Waals surface area contributed by atoms with E-state index in [4.69, 9.17) is 0 Å². The number of carbonyl (C=O) groups is 2. The van der Waals surface area contributed by atoms with Crippen LogP contribution in [0.5, 0.6) is 0 Å². The molecule has 0 aliphatic rings. The molecule has 1 amide bonds. The highest BCUT2D eigenvalue weighted by Gasteiger charge is 2.66. The number of nitrogens with one attached hydrogen (secondary N) is 1. The summed E-state index contributed by atoms with van der Waals surface area (Å²) >= 11 is 2.86. The van der Waals surface area contributed by atoms with E-state index in [1.54, 1.807) is 0 Å². The Morgan fingerprint density at radius 2 is 1.60 bits per heavy atom. The van der Waals surface area contributed by atoms with E-state index in [2.05, 4.69) is 28.7 Å². The molecule has 0 aromatic carbocycles. The Balaban J connectivity index is 5.86. The Morgan fingerprint density at radius 1 is 1.12 bits per heavy atom. The van der Waals surface area contributed by atoms with Gasteiger partial charge in [-0.3, -0.25) is 4.79 Å². The van der Waals surface area contributed by atoms with Crippen LogP contribution in [0.4, 0.5) is 22.0 Å². The molecule has 25 heavy (non-hydrogen) atoms. The van der Waals surface area contributed by atoms with Crippen LogP contribution in [-0.4, -0.2) is 41.2 Å². The highest BCUT2D eigenvalue weighted by atomic mass is 32.1. The molecule has 0 spiro atoms. The first kappa shape index (κ1) is 23.6. The van der Waals surface area contributed by atoms with E-state index in [-0.39, 0.29) is 0 Å². The lowest BCUT2D eigenvalue weighted by Crippen LogP contribution is -2.64. The van der Waals surface area contributed by atoms with Crippen molar-refractivity contribution >= 4 is 24.5 Å². The van der Waals surface area contributed by atoms with Crippen LogP contribution in [0.1, 0.15) is 34.1 Å². The van der Waals surface area contributed by atoms with Crippen molar-refractivity contribution in [1.82, 2.24) is 5.32 Å². The van der Waals surface area contributed by atoms with Gasteiger partial charge in [-0.2, -0.15) is 22.0 Å². The predicted molar refractivity (Wildman–Crippen MR) is 82.1 cm³/mol. The van der Waals surface area contributed by atoms with E-state index < -0.39 is 53.2 Å². The van der Waals surface area contributed by atoms with Gasteiger partial charge < -0.3 is 14.8 Å². The fourth-order valence-electron chi connectivity index (χ4n) is 1.37. The summed E-state index contributed by atoms with van der Waals surface area (Å²) in [5.41, 5.74) is -1.60. The summed E-state index contributed by atoms with van der Waals surface area (Å²) in [6.07, 6.45) is -6.79. The van der Waals surface area contributed by atoms with E-state index in [9.17, 15) is 31.5 Å². The number of hydrogen-bond donors (Lipinski definition) is 2. The third-order valence-electron chi connectivity index (χ3n) is 2.45. The number of amides is 1. The highest BCUT2D eigenvalue weighted by Crippen LogP contribution is 2.37. The molecule has 0 bridgehead atoms. The minimum atomic E-state index is -5.54. The van der Waals surface area contributed by atoms with Crippen LogP contribution in [0.25, 0.3) is 0 Å². The summed E-state index contributed by atoms with van der Waals surface area (Å²) in [5.74, 6) is -7.53. The Kier molecular flexibility index (Phi) is 7.47. The van der Waals surface area contributed by atoms with Gasteiger partial charge in [0, 0.05) is 17.5 Å². The molecule has 0 saturated heterocycles. The van der Waals surface area contributed by atoms with Gasteiger partial charge in [0.15, 0.2) is 0 Å². The highest BCUT2D eigenvalue weighted by molar-refractivity contribution is 7.81. The average Bonchev–Trinajstić information content (AvgIpc) is 2.31. The number of rotatable bonds is 7. The molecular formula is C14H20F5NO4S. The number of esters is 1. The minimum absolute atomic E-state index is 0.444. The van der Waals surface area contributed by atoms with Crippen molar-refractivity contribution in [3.63, 3.8) is 0 Å². The summed E-state index contributed by atoms with van der Waals surface area (Å²) in [4.78, 5) is 23.8. The van der Waals surface area contributed by atoms with Gasteiger partial charge >= 0.3 is 23.8 Å². The Labute approximate surface area is 147 Å². The summed E-state index contributed by atoms with van der Waals surface area (Å²) in [6, 6.07) is 0. The standard InChI is InChI=1S/C14H20F5NO4S/c1-8(2)9(21)24-13(14(17,18)19,10(22)20-11(3,4)5)23-7-6-12(15,16)25/h25H,1,6-7H2,2-5H3,(H,20,22). The van der Waals surface area contributed by atoms with E-state index in [1.807, 2.05) is 5.32 Å². The van der Waals surface area contributed by atoms with Gasteiger partial charge in [-0.25, -0.2) is 4.79 Å². The average molecular weight is 393 g/mol. The van der Waals surface area contributed by atoms with Crippen molar-refractivity contribution in [2.75, 3.05) is 6.61 Å². The van der Waals surface area contributed by atoms with Gasteiger partial charge in [-0.05, 0) is 27.7 Å². The third kappa shape index (κ3) is 7.59. The molecule has 0 heterocycles. The largest absolute Gasteiger partial charge is 0.466 e. The van der Waals surface area contributed by atoms with Gasteiger partial charge in [-0.15, -0.1) is 12.6 Å². The van der Waals surface area contributed by atoms with E-state index >= 15 is 0 Å². The second-order valence-electron chi connectivity index (χ2n) is 6.25. The summed E-state index contributed by atoms with van der Waals surface area (Å²) in [6.45, 7) is 7.02. The fraction of sp³-hybridized carbons (Fsp3) is 0.714. The second kappa shape index (κ2) is 7.90. The molecule has 11 heteroatoms. The molecule has 5 nitrogen and oxygen atoms in total. The van der Waals surface area contributed by atoms with E-state index in [0.717, 1.165) is 6.92 Å². The fourth-order valence-corrected chi connectivity index (χ4v) is 1.46. The van der Waals surface area contributed by atoms with Crippen molar-refractivity contribution in [2.24, 2.45) is 0 Å². The first-order chi connectivity index (χ1) is 10.9. The van der Waals surface area contributed by atoms with Crippen LogP contribution in [0.15, 0.2) is 12.2 Å². The van der Waals surface area contributed by atoms with Crippen LogP contribution < -0.4 is 5.32 Å². The molecule has 0 aliphatic carbocycles. The molecule has 1 unspecified atom stereocenters. The number of ether oxygens (including phenoxy) is 2. The quantitative estimate of drug-likeness (QED) is 0.229. The van der Waals surface area contributed by atoms with Crippen molar-refractivity contribution in [3.05, 3.63) is 12.2 Å². The van der Waals surface area contributed by atoms with Crippen LogP contribution in [-0.2, 0) is 19.1 Å². The maximum Gasteiger partial charge on any atom is 0.466 e. The first-order valence-electron chi connectivity index (χ1n) is 6.93. The molecule has 146 valence electrons. The summed E-state index contributed by atoms with van der Waals surface area (Å²) < 4.78 is 74.7. The molecule has 1 N–H and O–H groups in total. The molecule has 0 rings (SSSR count). The third-order valence-corrected chi connectivity index (χ3v) is 2.68. The topological polar surface area (TPSA) is 64.6 Å². The van der Waals surface area contributed by atoms with Crippen LogP contribution in [0, 0.1) is 0 Å². The smallest absolute Gasteiger partial charge is 0.412 e. The molecule has 1 atom stereocenters. The Morgan fingerprint density at radius 3 is 1.92 bits per heavy atom. The Bertz CT molecular complexity index is 525. The molecular weight excluding hydrogens is 373 g/mol. The van der Waals surface area contributed by atoms with E-state index in [0.29, 0.717) is 0 Å². The summed E-state index contributed by atoms with van der Waals surface area (Å²) in [5, 5.41) is -1.68. The van der Waals surface area contributed by atoms with Crippen LogP contribution >= 0.6 is 12.6 Å². The monoisotopic (exact) mass is 393 g/mol. The maximum absolute atomic E-state index is 13.5. The Hall–Kier alpha value is -1.36. The van der Waals surface area contributed by atoms with Crippen molar-refractivity contribution in [3.8, 4) is 0 Å². The SMILES string of the molecule is C=C(C)C(=O)OC(OCCC(F)(F)S)(C(=O)NC(C)(C)C)C(F)(F)F. The van der Waals surface area contributed by atoms with Crippen molar-refractivity contribution < 1.29 is 41.0 Å². The van der Waals surface area contributed by atoms with Gasteiger partial charge in [0.25, 0.3) is 5.25 Å². The minimum Gasteiger partial charge on any atom is -0.412 e. The number of thiol groups is 1. The first-order valence-corrected chi connectivity index (χ1v) is 7.38. The summed E-state index contributed by atoms with van der Waals surface area (Å²) in [7, 11) is 0. The second-order valence-corrected chi connectivity index (χ2v) is 6.91. The molecule has 0 fully saturated rings. The predicted octanol–water partition coefficient (Wildman–Crippen LogP) is 3.21. The van der Waals surface area contributed by atoms with Crippen molar-refractivity contribution in [2.45, 2.75) is 56.9 Å². The van der Waals surface area contributed by atoms with Crippen LogP contribution in [0.3, 0.4) is 0 Å². The molecule has 0 aromatic rings. The molecule has 0 aromatic heterocycles. The molecule has 0 radical (unpaired) electrons. The normalized spacial score (nSPS) is 15.3. The molecule has 0 saturated carbocycles.